The first kappa shape index (κ1) is 19.0. The molecule has 1 N–H and O–H groups in total. The molecular formula is C19H25NO5. The zero-order valence-electron chi connectivity index (χ0n) is 14.9. The molecule has 0 fully saturated rings. The third-order valence-electron chi connectivity index (χ3n) is 3.74. The third-order valence-corrected chi connectivity index (χ3v) is 3.74. The SMILES string of the molecule is CCCOc1ccc(C2=C(O)C(=O)N(CCCOC(C)C)C2=O)cc1. The summed E-state index contributed by atoms with van der Waals surface area (Å²) in [6.07, 6.45) is 1.52. The second kappa shape index (κ2) is 8.67. The topological polar surface area (TPSA) is 76.1 Å². The number of ether oxygens (including phenoxy) is 2. The molecule has 1 heterocycles. The molecule has 0 aromatic heterocycles. The second-order valence-electron chi connectivity index (χ2n) is 6.13. The van der Waals surface area contributed by atoms with Crippen LogP contribution in [-0.4, -0.2) is 47.7 Å². The first-order chi connectivity index (χ1) is 12.0. The highest BCUT2D eigenvalue weighted by Crippen LogP contribution is 2.29. The van der Waals surface area contributed by atoms with Crippen molar-refractivity contribution in [3.8, 4) is 5.75 Å². The zero-order chi connectivity index (χ0) is 18.4. The molecule has 1 aromatic rings. The Labute approximate surface area is 148 Å². The van der Waals surface area contributed by atoms with Crippen molar-refractivity contribution in [1.82, 2.24) is 4.90 Å². The van der Waals surface area contributed by atoms with E-state index in [1.165, 1.54) is 0 Å². The first-order valence-corrected chi connectivity index (χ1v) is 8.60. The summed E-state index contributed by atoms with van der Waals surface area (Å²) < 4.78 is 10.9. The quantitative estimate of drug-likeness (QED) is 0.549. The number of hydrogen-bond donors (Lipinski definition) is 1. The molecule has 6 heteroatoms. The fourth-order valence-electron chi connectivity index (χ4n) is 2.51. The Morgan fingerprint density at radius 1 is 1.08 bits per heavy atom. The zero-order valence-corrected chi connectivity index (χ0v) is 14.9. The number of carbonyl (C=O) groups is 2. The van der Waals surface area contributed by atoms with E-state index in [1.54, 1.807) is 24.3 Å². The van der Waals surface area contributed by atoms with E-state index in [-0.39, 0.29) is 18.2 Å². The molecule has 1 aliphatic heterocycles. The summed E-state index contributed by atoms with van der Waals surface area (Å²) in [5, 5.41) is 10.1. The van der Waals surface area contributed by atoms with Gasteiger partial charge < -0.3 is 14.6 Å². The van der Waals surface area contributed by atoms with E-state index in [1.807, 2.05) is 20.8 Å². The standard InChI is InChI=1S/C19H25NO5/c1-4-11-25-15-8-6-14(7-9-15)16-17(21)19(23)20(18(16)22)10-5-12-24-13(2)3/h6-9,13,21H,4-5,10-12H2,1-3H3. The highest BCUT2D eigenvalue weighted by Gasteiger charge is 2.38. The molecule has 2 rings (SSSR count). The molecule has 0 radical (unpaired) electrons. The largest absolute Gasteiger partial charge is 0.502 e. The van der Waals surface area contributed by atoms with Crippen LogP contribution in [0.25, 0.3) is 5.57 Å². The molecule has 25 heavy (non-hydrogen) atoms. The van der Waals surface area contributed by atoms with Crippen LogP contribution in [0.4, 0.5) is 0 Å². The van der Waals surface area contributed by atoms with Crippen molar-refractivity contribution in [2.75, 3.05) is 19.8 Å². The minimum atomic E-state index is -0.657. The molecular weight excluding hydrogens is 322 g/mol. The van der Waals surface area contributed by atoms with E-state index < -0.39 is 17.6 Å². The second-order valence-corrected chi connectivity index (χ2v) is 6.13. The number of aliphatic hydroxyl groups is 1. The monoisotopic (exact) mass is 347 g/mol. The summed E-state index contributed by atoms with van der Waals surface area (Å²) >= 11 is 0. The van der Waals surface area contributed by atoms with E-state index in [9.17, 15) is 14.7 Å². The average molecular weight is 347 g/mol. The van der Waals surface area contributed by atoms with Crippen molar-refractivity contribution in [2.24, 2.45) is 0 Å². The van der Waals surface area contributed by atoms with Crippen LogP contribution >= 0.6 is 0 Å². The number of imide groups is 1. The Bertz CT molecular complexity index is 648. The van der Waals surface area contributed by atoms with Crippen LogP contribution in [0.1, 0.15) is 39.2 Å². The number of aliphatic hydroxyl groups excluding tert-OH is 1. The lowest BCUT2D eigenvalue weighted by atomic mass is 10.1. The van der Waals surface area contributed by atoms with Gasteiger partial charge in [-0.2, -0.15) is 0 Å². The molecule has 2 amide bonds. The number of benzene rings is 1. The molecule has 1 aromatic carbocycles. The van der Waals surface area contributed by atoms with Crippen LogP contribution < -0.4 is 4.74 Å². The molecule has 6 nitrogen and oxygen atoms in total. The summed E-state index contributed by atoms with van der Waals surface area (Å²) in [4.78, 5) is 25.8. The molecule has 1 aliphatic rings. The van der Waals surface area contributed by atoms with Crippen molar-refractivity contribution in [2.45, 2.75) is 39.7 Å². The van der Waals surface area contributed by atoms with Gasteiger partial charge >= 0.3 is 0 Å². The van der Waals surface area contributed by atoms with Crippen LogP contribution in [-0.2, 0) is 14.3 Å². The highest BCUT2D eigenvalue weighted by molar-refractivity contribution is 6.34. The van der Waals surface area contributed by atoms with Crippen LogP contribution in [0.2, 0.25) is 0 Å². The maximum absolute atomic E-state index is 12.5. The summed E-state index contributed by atoms with van der Waals surface area (Å²) in [5.74, 6) is -0.952. The highest BCUT2D eigenvalue weighted by atomic mass is 16.5. The van der Waals surface area contributed by atoms with Gasteiger partial charge in [-0.1, -0.05) is 19.1 Å². The molecule has 0 spiro atoms. The fraction of sp³-hybridized carbons (Fsp3) is 0.474. The Morgan fingerprint density at radius 2 is 1.76 bits per heavy atom. The Balaban J connectivity index is 2.05. The average Bonchev–Trinajstić information content (AvgIpc) is 2.80. The van der Waals surface area contributed by atoms with Crippen molar-refractivity contribution in [1.29, 1.82) is 0 Å². The normalized spacial score (nSPS) is 14.8. The van der Waals surface area contributed by atoms with Gasteiger partial charge in [0.25, 0.3) is 11.8 Å². The molecule has 0 bridgehead atoms. The van der Waals surface area contributed by atoms with Gasteiger partial charge in [0, 0.05) is 13.2 Å². The van der Waals surface area contributed by atoms with E-state index in [0.29, 0.717) is 30.9 Å². The lowest BCUT2D eigenvalue weighted by Gasteiger charge is -2.15. The molecule has 0 saturated heterocycles. The summed E-state index contributed by atoms with van der Waals surface area (Å²) in [7, 11) is 0. The van der Waals surface area contributed by atoms with E-state index >= 15 is 0 Å². The van der Waals surface area contributed by atoms with Gasteiger partial charge in [-0.3, -0.25) is 14.5 Å². The first-order valence-electron chi connectivity index (χ1n) is 8.60. The third kappa shape index (κ3) is 4.60. The van der Waals surface area contributed by atoms with E-state index in [4.69, 9.17) is 9.47 Å². The number of hydrogen-bond acceptors (Lipinski definition) is 5. The predicted molar refractivity (Wildman–Crippen MR) is 94.2 cm³/mol. The predicted octanol–water partition coefficient (Wildman–Crippen LogP) is 2.93. The van der Waals surface area contributed by atoms with Crippen LogP contribution in [0, 0.1) is 0 Å². The maximum atomic E-state index is 12.5. The minimum absolute atomic E-state index is 0.0387. The Kier molecular flexibility index (Phi) is 6.58. The molecule has 0 unspecified atom stereocenters. The number of nitrogens with zero attached hydrogens (tertiary/aromatic N) is 1. The fourth-order valence-corrected chi connectivity index (χ4v) is 2.51. The molecule has 0 saturated carbocycles. The van der Waals surface area contributed by atoms with Gasteiger partial charge in [0.15, 0.2) is 5.76 Å². The Morgan fingerprint density at radius 3 is 2.36 bits per heavy atom. The van der Waals surface area contributed by atoms with Gasteiger partial charge in [0.05, 0.1) is 18.3 Å². The molecule has 0 atom stereocenters. The van der Waals surface area contributed by atoms with Gasteiger partial charge in [-0.15, -0.1) is 0 Å². The minimum Gasteiger partial charge on any atom is -0.502 e. The number of carbonyl (C=O) groups excluding carboxylic acids is 2. The van der Waals surface area contributed by atoms with Crippen LogP contribution in [0.5, 0.6) is 5.75 Å². The van der Waals surface area contributed by atoms with Gasteiger partial charge in [-0.25, -0.2) is 0 Å². The van der Waals surface area contributed by atoms with Gasteiger partial charge in [-0.05, 0) is 44.4 Å². The molecule has 136 valence electrons. The van der Waals surface area contributed by atoms with E-state index in [0.717, 1.165) is 11.3 Å². The van der Waals surface area contributed by atoms with Gasteiger partial charge in [0.1, 0.15) is 5.75 Å². The maximum Gasteiger partial charge on any atom is 0.296 e. The van der Waals surface area contributed by atoms with Crippen molar-refractivity contribution >= 4 is 17.4 Å². The Hall–Kier alpha value is -2.34. The van der Waals surface area contributed by atoms with Crippen molar-refractivity contribution in [3.63, 3.8) is 0 Å². The lowest BCUT2D eigenvalue weighted by Crippen LogP contribution is -2.33. The van der Waals surface area contributed by atoms with Crippen molar-refractivity contribution < 1.29 is 24.2 Å². The smallest absolute Gasteiger partial charge is 0.296 e. The summed E-state index contributed by atoms with van der Waals surface area (Å²) in [5.41, 5.74) is 0.539. The van der Waals surface area contributed by atoms with Crippen LogP contribution in [0.15, 0.2) is 30.0 Å². The van der Waals surface area contributed by atoms with Gasteiger partial charge in [0.2, 0.25) is 0 Å². The van der Waals surface area contributed by atoms with Crippen molar-refractivity contribution in [3.05, 3.63) is 35.6 Å². The summed E-state index contributed by atoms with van der Waals surface area (Å²) in [6.45, 7) is 7.14. The summed E-state index contributed by atoms with van der Waals surface area (Å²) in [6, 6.07) is 6.80. The molecule has 0 aliphatic carbocycles. The number of amides is 2. The van der Waals surface area contributed by atoms with E-state index in [2.05, 4.69) is 0 Å². The lowest BCUT2D eigenvalue weighted by molar-refractivity contribution is -0.138. The van der Waals surface area contributed by atoms with Crippen LogP contribution in [0.3, 0.4) is 0 Å². The number of rotatable bonds is 9.